The van der Waals surface area contributed by atoms with Gasteiger partial charge in [-0.2, -0.15) is 5.10 Å². The molecule has 0 atom stereocenters. The van der Waals surface area contributed by atoms with Gasteiger partial charge in [0.05, 0.1) is 10.6 Å². The Morgan fingerprint density at radius 1 is 1.35 bits per heavy atom. The molecule has 0 aliphatic heterocycles. The number of thiophene rings is 1. The highest BCUT2D eigenvalue weighted by Gasteiger charge is 2.11. The highest BCUT2D eigenvalue weighted by Crippen LogP contribution is 2.22. The van der Waals surface area contributed by atoms with Crippen LogP contribution in [0.2, 0.25) is 0 Å². The maximum Gasteiger partial charge on any atom is 0.272 e. The maximum absolute atomic E-state index is 12.0. The SMILES string of the molecule is O=C(NCc1cccnc1)c1cc(-c2cccs2)[nH]n1. The second kappa shape index (κ2) is 5.66. The number of aromatic amines is 1. The Kier molecular flexibility index (Phi) is 3.56. The molecule has 0 unspecified atom stereocenters. The van der Waals surface area contributed by atoms with Gasteiger partial charge in [-0.05, 0) is 29.1 Å². The van der Waals surface area contributed by atoms with E-state index < -0.39 is 0 Å². The monoisotopic (exact) mass is 284 g/mol. The number of H-pyrrole nitrogens is 1. The van der Waals surface area contributed by atoms with E-state index in [4.69, 9.17) is 0 Å². The molecule has 5 nitrogen and oxygen atoms in total. The number of pyridine rings is 1. The van der Waals surface area contributed by atoms with Gasteiger partial charge in [-0.25, -0.2) is 0 Å². The summed E-state index contributed by atoms with van der Waals surface area (Å²) in [5.41, 5.74) is 2.19. The summed E-state index contributed by atoms with van der Waals surface area (Å²) in [5, 5.41) is 11.7. The normalized spacial score (nSPS) is 10.4. The molecule has 3 heterocycles. The number of aromatic nitrogens is 3. The third kappa shape index (κ3) is 2.75. The number of hydrogen-bond donors (Lipinski definition) is 2. The van der Waals surface area contributed by atoms with Crippen LogP contribution in [0.3, 0.4) is 0 Å². The van der Waals surface area contributed by atoms with E-state index in [9.17, 15) is 4.79 Å². The molecule has 6 heteroatoms. The minimum atomic E-state index is -0.201. The molecule has 0 bridgehead atoms. The van der Waals surface area contributed by atoms with Crippen molar-refractivity contribution in [3.8, 4) is 10.6 Å². The van der Waals surface area contributed by atoms with Crippen LogP contribution in [0, 0.1) is 0 Å². The number of carbonyl (C=O) groups excluding carboxylic acids is 1. The lowest BCUT2D eigenvalue weighted by molar-refractivity contribution is 0.0946. The van der Waals surface area contributed by atoms with Crippen molar-refractivity contribution in [1.82, 2.24) is 20.5 Å². The first-order valence-electron chi connectivity index (χ1n) is 6.09. The Morgan fingerprint density at radius 2 is 2.30 bits per heavy atom. The molecule has 100 valence electrons. The van der Waals surface area contributed by atoms with Gasteiger partial charge in [-0.1, -0.05) is 12.1 Å². The maximum atomic E-state index is 12.0. The van der Waals surface area contributed by atoms with Crippen molar-refractivity contribution in [1.29, 1.82) is 0 Å². The van der Waals surface area contributed by atoms with Crippen molar-refractivity contribution >= 4 is 17.2 Å². The molecule has 0 spiro atoms. The van der Waals surface area contributed by atoms with Gasteiger partial charge in [-0.3, -0.25) is 14.9 Å². The van der Waals surface area contributed by atoms with Gasteiger partial charge in [-0.15, -0.1) is 11.3 Å². The number of rotatable bonds is 4. The van der Waals surface area contributed by atoms with E-state index in [1.54, 1.807) is 29.8 Å². The predicted octanol–water partition coefficient (Wildman–Crippen LogP) is 2.46. The van der Waals surface area contributed by atoms with Crippen LogP contribution in [0.15, 0.2) is 48.1 Å². The highest BCUT2D eigenvalue weighted by atomic mass is 32.1. The molecule has 20 heavy (non-hydrogen) atoms. The van der Waals surface area contributed by atoms with Crippen molar-refractivity contribution in [2.24, 2.45) is 0 Å². The Bertz CT molecular complexity index is 691. The Balaban J connectivity index is 1.66. The second-order valence-corrected chi connectivity index (χ2v) is 5.14. The largest absolute Gasteiger partial charge is 0.347 e. The topological polar surface area (TPSA) is 70.7 Å². The fourth-order valence-corrected chi connectivity index (χ4v) is 2.46. The molecular formula is C14H12N4OS. The van der Waals surface area contributed by atoms with Crippen LogP contribution in [0.25, 0.3) is 10.6 Å². The standard InChI is InChI=1S/C14H12N4OS/c19-14(16-9-10-3-1-5-15-8-10)12-7-11(17-18-12)13-4-2-6-20-13/h1-8H,9H2,(H,16,19)(H,17,18). The van der Waals surface area contributed by atoms with Gasteiger partial charge in [0.1, 0.15) is 0 Å². The summed E-state index contributed by atoms with van der Waals surface area (Å²) < 4.78 is 0. The summed E-state index contributed by atoms with van der Waals surface area (Å²) in [6.45, 7) is 0.438. The summed E-state index contributed by atoms with van der Waals surface area (Å²) in [6, 6.07) is 9.45. The van der Waals surface area contributed by atoms with Gasteiger partial charge in [0.15, 0.2) is 5.69 Å². The number of carbonyl (C=O) groups is 1. The summed E-state index contributed by atoms with van der Waals surface area (Å²) in [4.78, 5) is 17.1. The van der Waals surface area contributed by atoms with E-state index in [1.165, 1.54) is 0 Å². The Hall–Kier alpha value is -2.47. The molecule has 3 aromatic heterocycles. The van der Waals surface area contributed by atoms with Gasteiger partial charge in [0.2, 0.25) is 0 Å². The predicted molar refractivity (Wildman–Crippen MR) is 77.3 cm³/mol. The fraction of sp³-hybridized carbons (Fsp3) is 0.0714. The van der Waals surface area contributed by atoms with Crippen molar-refractivity contribution in [2.45, 2.75) is 6.54 Å². The fourth-order valence-electron chi connectivity index (χ4n) is 1.77. The third-order valence-electron chi connectivity index (χ3n) is 2.77. The van der Waals surface area contributed by atoms with E-state index in [2.05, 4.69) is 20.5 Å². The number of amides is 1. The Labute approximate surface area is 119 Å². The number of nitrogens with zero attached hydrogens (tertiary/aromatic N) is 2. The third-order valence-corrected chi connectivity index (χ3v) is 3.68. The first-order chi connectivity index (χ1) is 9.83. The summed E-state index contributed by atoms with van der Waals surface area (Å²) in [6.07, 6.45) is 3.42. The average Bonchev–Trinajstić information content (AvgIpc) is 3.16. The molecule has 3 rings (SSSR count). The molecule has 0 aliphatic carbocycles. The molecule has 0 aromatic carbocycles. The molecule has 0 saturated carbocycles. The first kappa shape index (κ1) is 12.6. The molecular weight excluding hydrogens is 272 g/mol. The molecule has 1 amide bonds. The van der Waals surface area contributed by atoms with E-state index in [1.807, 2.05) is 29.6 Å². The Morgan fingerprint density at radius 3 is 3.05 bits per heavy atom. The molecule has 0 aliphatic rings. The highest BCUT2D eigenvalue weighted by molar-refractivity contribution is 7.13. The summed E-state index contributed by atoms with van der Waals surface area (Å²) in [5.74, 6) is -0.201. The first-order valence-corrected chi connectivity index (χ1v) is 6.97. The molecule has 0 saturated heterocycles. The molecule has 2 N–H and O–H groups in total. The molecule has 0 fully saturated rings. The molecule has 0 radical (unpaired) electrons. The van der Waals surface area contributed by atoms with E-state index >= 15 is 0 Å². The summed E-state index contributed by atoms with van der Waals surface area (Å²) >= 11 is 1.60. The summed E-state index contributed by atoms with van der Waals surface area (Å²) in [7, 11) is 0. The minimum absolute atomic E-state index is 0.201. The van der Waals surface area contributed by atoms with E-state index in [0.29, 0.717) is 12.2 Å². The van der Waals surface area contributed by atoms with Gasteiger partial charge >= 0.3 is 0 Å². The van der Waals surface area contributed by atoms with Crippen molar-refractivity contribution in [3.05, 3.63) is 59.4 Å². The number of hydrogen-bond acceptors (Lipinski definition) is 4. The smallest absolute Gasteiger partial charge is 0.272 e. The van der Waals surface area contributed by atoms with Crippen molar-refractivity contribution in [3.63, 3.8) is 0 Å². The zero-order valence-corrected chi connectivity index (χ0v) is 11.4. The van der Waals surface area contributed by atoms with Gasteiger partial charge < -0.3 is 5.32 Å². The van der Waals surface area contributed by atoms with Crippen LogP contribution in [0.5, 0.6) is 0 Å². The van der Waals surface area contributed by atoms with Crippen molar-refractivity contribution in [2.75, 3.05) is 0 Å². The lowest BCUT2D eigenvalue weighted by Gasteiger charge is -2.01. The zero-order chi connectivity index (χ0) is 13.8. The van der Waals surface area contributed by atoms with Crippen LogP contribution < -0.4 is 5.32 Å². The molecule has 3 aromatic rings. The van der Waals surface area contributed by atoms with Gasteiger partial charge in [0.25, 0.3) is 5.91 Å². The van der Waals surface area contributed by atoms with Crippen LogP contribution in [0.4, 0.5) is 0 Å². The van der Waals surface area contributed by atoms with Crippen LogP contribution >= 0.6 is 11.3 Å². The van der Waals surface area contributed by atoms with E-state index in [-0.39, 0.29) is 5.91 Å². The lowest BCUT2D eigenvalue weighted by atomic mass is 10.2. The second-order valence-electron chi connectivity index (χ2n) is 4.19. The van der Waals surface area contributed by atoms with Crippen LogP contribution in [-0.2, 0) is 6.54 Å². The average molecular weight is 284 g/mol. The van der Waals surface area contributed by atoms with Gasteiger partial charge in [0, 0.05) is 18.9 Å². The minimum Gasteiger partial charge on any atom is -0.347 e. The number of nitrogens with one attached hydrogen (secondary N) is 2. The zero-order valence-electron chi connectivity index (χ0n) is 10.5. The van der Waals surface area contributed by atoms with Crippen molar-refractivity contribution < 1.29 is 4.79 Å². The quantitative estimate of drug-likeness (QED) is 0.773. The van der Waals surface area contributed by atoms with E-state index in [0.717, 1.165) is 16.1 Å². The van der Waals surface area contributed by atoms with Crippen LogP contribution in [-0.4, -0.2) is 21.1 Å². The lowest BCUT2D eigenvalue weighted by Crippen LogP contribution is -2.23. The van der Waals surface area contributed by atoms with Crippen LogP contribution in [0.1, 0.15) is 16.1 Å².